The van der Waals surface area contributed by atoms with Crippen molar-refractivity contribution in [3.63, 3.8) is 0 Å². The topological polar surface area (TPSA) is 32.3 Å². The molecule has 0 saturated heterocycles. The Bertz CT molecular complexity index is 913. The SMILES string of the molecule is CN(C)/C=C/C(=O)c1cc(F)cc(NC(c2ccccc2)c2ccccc2)c1. The largest absolute Gasteiger partial charge is 0.383 e. The van der Waals surface area contributed by atoms with Gasteiger partial charge in [0.25, 0.3) is 0 Å². The summed E-state index contributed by atoms with van der Waals surface area (Å²) in [5.74, 6) is -0.696. The summed E-state index contributed by atoms with van der Waals surface area (Å²) >= 11 is 0. The molecule has 0 aliphatic carbocycles. The van der Waals surface area contributed by atoms with Crippen molar-refractivity contribution in [2.24, 2.45) is 0 Å². The summed E-state index contributed by atoms with van der Waals surface area (Å²) < 4.78 is 14.2. The molecule has 142 valence electrons. The molecule has 0 fully saturated rings. The number of rotatable bonds is 7. The fourth-order valence-corrected chi connectivity index (χ4v) is 2.94. The molecule has 3 rings (SSSR count). The number of ketones is 1. The highest BCUT2D eigenvalue weighted by atomic mass is 19.1. The van der Waals surface area contributed by atoms with Gasteiger partial charge in [-0.05, 0) is 29.3 Å². The van der Waals surface area contributed by atoms with E-state index >= 15 is 0 Å². The lowest BCUT2D eigenvalue weighted by Gasteiger charge is -2.21. The molecule has 0 heterocycles. The van der Waals surface area contributed by atoms with E-state index in [-0.39, 0.29) is 11.8 Å². The first-order valence-electron chi connectivity index (χ1n) is 9.09. The van der Waals surface area contributed by atoms with Gasteiger partial charge in [0, 0.05) is 37.6 Å². The molecule has 0 aliphatic rings. The van der Waals surface area contributed by atoms with Gasteiger partial charge < -0.3 is 10.2 Å². The molecule has 3 aromatic rings. The lowest BCUT2D eigenvalue weighted by molar-refractivity contribution is 0.104. The van der Waals surface area contributed by atoms with Gasteiger partial charge in [0.1, 0.15) is 5.82 Å². The molecule has 0 bridgehead atoms. The second-order valence-corrected chi connectivity index (χ2v) is 6.77. The summed E-state index contributed by atoms with van der Waals surface area (Å²) in [6, 6.07) is 24.1. The first-order chi connectivity index (χ1) is 13.5. The molecule has 0 atom stereocenters. The fourth-order valence-electron chi connectivity index (χ4n) is 2.94. The van der Waals surface area contributed by atoms with Gasteiger partial charge in [-0.25, -0.2) is 4.39 Å². The maximum atomic E-state index is 14.2. The van der Waals surface area contributed by atoms with Gasteiger partial charge in [-0.15, -0.1) is 0 Å². The van der Waals surface area contributed by atoms with Crippen molar-refractivity contribution >= 4 is 11.5 Å². The van der Waals surface area contributed by atoms with Crippen molar-refractivity contribution in [2.75, 3.05) is 19.4 Å². The number of carbonyl (C=O) groups is 1. The van der Waals surface area contributed by atoms with Crippen LogP contribution in [0.5, 0.6) is 0 Å². The van der Waals surface area contributed by atoms with Gasteiger partial charge in [-0.1, -0.05) is 60.7 Å². The predicted octanol–water partition coefficient (Wildman–Crippen LogP) is 5.29. The van der Waals surface area contributed by atoms with E-state index in [1.165, 1.54) is 18.2 Å². The smallest absolute Gasteiger partial charge is 0.187 e. The molecule has 0 unspecified atom stereocenters. The quantitative estimate of drug-likeness (QED) is 0.451. The molecule has 1 N–H and O–H groups in total. The molecule has 28 heavy (non-hydrogen) atoms. The number of anilines is 1. The Morgan fingerprint density at radius 1 is 0.929 bits per heavy atom. The fraction of sp³-hybridized carbons (Fsp3) is 0.125. The standard InChI is InChI=1S/C24H23FN2O/c1-27(2)14-13-23(28)20-15-21(25)17-22(16-20)26-24(18-9-5-3-6-10-18)19-11-7-4-8-12-19/h3-17,24,26H,1-2H3/b14-13+. The molecule has 0 aliphatic heterocycles. The zero-order valence-corrected chi connectivity index (χ0v) is 16.0. The molecule has 3 nitrogen and oxygen atoms in total. The van der Waals surface area contributed by atoms with Gasteiger partial charge >= 0.3 is 0 Å². The van der Waals surface area contributed by atoms with E-state index in [1.54, 1.807) is 17.2 Å². The summed E-state index contributed by atoms with van der Waals surface area (Å²) in [4.78, 5) is 14.1. The van der Waals surface area contributed by atoms with Gasteiger partial charge in [-0.3, -0.25) is 4.79 Å². The van der Waals surface area contributed by atoms with E-state index in [0.29, 0.717) is 11.3 Å². The van der Waals surface area contributed by atoms with Gasteiger partial charge in [0.2, 0.25) is 0 Å². The van der Waals surface area contributed by atoms with Crippen LogP contribution in [-0.2, 0) is 0 Å². The van der Waals surface area contributed by atoms with E-state index in [4.69, 9.17) is 0 Å². The minimum atomic E-state index is -0.452. The van der Waals surface area contributed by atoms with Gasteiger partial charge in [0.05, 0.1) is 6.04 Å². The molecule has 4 heteroatoms. The average molecular weight is 374 g/mol. The second kappa shape index (κ2) is 9.00. The molecule has 3 aromatic carbocycles. The zero-order chi connectivity index (χ0) is 19.9. The van der Waals surface area contributed by atoms with Crippen LogP contribution in [-0.4, -0.2) is 24.8 Å². The molecular weight excluding hydrogens is 351 g/mol. The summed E-state index contributed by atoms with van der Waals surface area (Å²) in [5.41, 5.74) is 2.97. The van der Waals surface area contributed by atoms with Crippen LogP contribution in [0.4, 0.5) is 10.1 Å². The van der Waals surface area contributed by atoms with Crippen molar-refractivity contribution in [1.29, 1.82) is 0 Å². The third-order valence-electron chi connectivity index (χ3n) is 4.28. The first kappa shape index (κ1) is 19.4. The maximum absolute atomic E-state index is 14.2. The first-order valence-corrected chi connectivity index (χ1v) is 9.09. The van der Waals surface area contributed by atoms with Crippen LogP contribution < -0.4 is 5.32 Å². The average Bonchev–Trinajstić information content (AvgIpc) is 2.71. The third-order valence-corrected chi connectivity index (χ3v) is 4.28. The van der Waals surface area contributed by atoms with Gasteiger partial charge in [0.15, 0.2) is 5.78 Å². The number of nitrogens with zero attached hydrogens (tertiary/aromatic N) is 1. The Kier molecular flexibility index (Phi) is 6.22. The van der Waals surface area contributed by atoms with Crippen molar-refractivity contribution < 1.29 is 9.18 Å². The number of hydrogen-bond acceptors (Lipinski definition) is 3. The number of hydrogen-bond donors (Lipinski definition) is 1. The van der Waals surface area contributed by atoms with E-state index in [9.17, 15) is 9.18 Å². The second-order valence-electron chi connectivity index (χ2n) is 6.77. The Balaban J connectivity index is 1.94. The molecule has 0 spiro atoms. The lowest BCUT2D eigenvalue weighted by atomic mass is 9.98. The third kappa shape index (κ3) is 5.07. The van der Waals surface area contributed by atoms with Crippen LogP contribution in [0, 0.1) is 5.82 Å². The van der Waals surface area contributed by atoms with E-state index < -0.39 is 5.82 Å². The van der Waals surface area contributed by atoms with Crippen LogP contribution >= 0.6 is 0 Å². The summed E-state index contributed by atoms with van der Waals surface area (Å²) in [6.07, 6.45) is 3.08. The highest BCUT2D eigenvalue weighted by Crippen LogP contribution is 2.27. The highest BCUT2D eigenvalue weighted by Gasteiger charge is 2.15. The Morgan fingerprint density at radius 2 is 1.50 bits per heavy atom. The van der Waals surface area contributed by atoms with Crippen molar-refractivity contribution in [2.45, 2.75) is 6.04 Å². The number of nitrogens with one attached hydrogen (secondary N) is 1. The molecule has 0 saturated carbocycles. The predicted molar refractivity (Wildman–Crippen MR) is 112 cm³/mol. The number of halogens is 1. The van der Waals surface area contributed by atoms with Gasteiger partial charge in [-0.2, -0.15) is 0 Å². The van der Waals surface area contributed by atoms with E-state index in [1.807, 2.05) is 74.8 Å². The van der Waals surface area contributed by atoms with E-state index in [0.717, 1.165) is 11.1 Å². The molecule has 0 aromatic heterocycles. The Morgan fingerprint density at radius 3 is 2.04 bits per heavy atom. The summed E-state index contributed by atoms with van der Waals surface area (Å²) in [7, 11) is 3.65. The van der Waals surface area contributed by atoms with Crippen LogP contribution in [0.1, 0.15) is 27.5 Å². The molecule has 0 radical (unpaired) electrons. The van der Waals surface area contributed by atoms with Crippen LogP contribution in [0.25, 0.3) is 0 Å². The molecule has 0 amide bonds. The lowest BCUT2D eigenvalue weighted by Crippen LogP contribution is -2.13. The number of allylic oxidation sites excluding steroid dienone is 1. The van der Waals surface area contributed by atoms with Crippen LogP contribution in [0.3, 0.4) is 0 Å². The maximum Gasteiger partial charge on any atom is 0.187 e. The summed E-state index contributed by atoms with van der Waals surface area (Å²) in [6.45, 7) is 0. The Hall–Kier alpha value is -3.40. The Labute approximate surface area is 165 Å². The minimum Gasteiger partial charge on any atom is -0.383 e. The van der Waals surface area contributed by atoms with Crippen molar-refractivity contribution in [3.05, 3.63) is 114 Å². The van der Waals surface area contributed by atoms with Crippen molar-refractivity contribution in [1.82, 2.24) is 4.90 Å². The highest BCUT2D eigenvalue weighted by molar-refractivity contribution is 6.05. The van der Waals surface area contributed by atoms with Crippen LogP contribution in [0.2, 0.25) is 0 Å². The number of carbonyl (C=O) groups excluding carboxylic acids is 1. The van der Waals surface area contributed by atoms with Crippen molar-refractivity contribution in [3.8, 4) is 0 Å². The van der Waals surface area contributed by atoms with E-state index in [2.05, 4.69) is 5.32 Å². The van der Waals surface area contributed by atoms with Crippen LogP contribution in [0.15, 0.2) is 91.1 Å². The minimum absolute atomic E-state index is 0.163. The monoisotopic (exact) mass is 374 g/mol. The zero-order valence-electron chi connectivity index (χ0n) is 16.0. The normalized spacial score (nSPS) is 11.0. The number of benzene rings is 3. The summed E-state index contributed by atoms with van der Waals surface area (Å²) in [5, 5.41) is 3.39. The molecular formula is C24H23FN2O.